The lowest BCUT2D eigenvalue weighted by Crippen LogP contribution is -2.13. The fraction of sp³-hybridized carbons (Fsp3) is 0.0909. The third kappa shape index (κ3) is 1.97. The van der Waals surface area contributed by atoms with Crippen molar-refractivity contribution in [1.82, 2.24) is 9.55 Å². The van der Waals surface area contributed by atoms with E-state index in [9.17, 15) is 9.59 Å². The van der Waals surface area contributed by atoms with Crippen molar-refractivity contribution in [3.63, 3.8) is 0 Å². The van der Waals surface area contributed by atoms with Gasteiger partial charge in [-0.05, 0) is 12.1 Å². The Morgan fingerprint density at radius 1 is 1.47 bits per heavy atom. The zero-order valence-electron chi connectivity index (χ0n) is 8.90. The number of halogens is 1. The summed E-state index contributed by atoms with van der Waals surface area (Å²) in [4.78, 5) is 24.8. The van der Waals surface area contributed by atoms with Crippen molar-refractivity contribution >= 4 is 17.6 Å². The highest BCUT2D eigenvalue weighted by Gasteiger charge is 2.18. The van der Waals surface area contributed by atoms with E-state index < -0.39 is 11.7 Å². The summed E-state index contributed by atoms with van der Waals surface area (Å²) in [5.41, 5.74) is 0.276. The van der Waals surface area contributed by atoms with Crippen LogP contribution in [0.15, 0.2) is 29.1 Å². The molecule has 0 saturated carbocycles. The number of nitrogens with one attached hydrogen (secondary N) is 1. The number of imidazole rings is 1. The maximum Gasteiger partial charge on any atom is 0.354 e. The Hall–Kier alpha value is -2.01. The van der Waals surface area contributed by atoms with E-state index in [1.54, 1.807) is 24.3 Å². The first-order valence-electron chi connectivity index (χ1n) is 4.79. The molecule has 1 heterocycles. The molecule has 0 fully saturated rings. The first-order chi connectivity index (χ1) is 8.00. The number of hydrogen-bond acceptors (Lipinski definition) is 2. The molecule has 2 aromatic rings. The van der Waals surface area contributed by atoms with E-state index in [0.29, 0.717) is 16.3 Å². The first kappa shape index (κ1) is 11.5. The summed E-state index contributed by atoms with van der Waals surface area (Å²) in [7, 11) is 1.50. The molecule has 6 heteroatoms. The maximum atomic E-state index is 11.4. The standard InChI is InChI=1S/C11H9ClN2O3/c1-14-9(6-3-2-4-7(12)5-6)8(10(15)16)13-11(14)17/h2-5H,1H3,(H,13,17)(H,15,16). The summed E-state index contributed by atoms with van der Waals surface area (Å²) in [6.07, 6.45) is 0. The highest BCUT2D eigenvalue weighted by molar-refractivity contribution is 6.30. The van der Waals surface area contributed by atoms with E-state index in [2.05, 4.69) is 4.98 Å². The average Bonchev–Trinajstić information content (AvgIpc) is 2.56. The highest BCUT2D eigenvalue weighted by Crippen LogP contribution is 2.23. The molecule has 2 N–H and O–H groups in total. The molecule has 1 aromatic carbocycles. The number of aromatic carboxylic acids is 1. The number of nitrogens with zero attached hydrogens (tertiary/aromatic N) is 1. The molecule has 0 unspecified atom stereocenters. The number of aromatic amines is 1. The minimum absolute atomic E-state index is 0.139. The van der Waals surface area contributed by atoms with Gasteiger partial charge in [0.1, 0.15) is 0 Å². The van der Waals surface area contributed by atoms with E-state index >= 15 is 0 Å². The van der Waals surface area contributed by atoms with E-state index in [1.165, 1.54) is 11.6 Å². The molecule has 0 spiro atoms. The van der Waals surface area contributed by atoms with Crippen LogP contribution in [0, 0.1) is 0 Å². The van der Waals surface area contributed by atoms with E-state index in [-0.39, 0.29) is 5.69 Å². The SMILES string of the molecule is Cn1c(-c2cccc(Cl)c2)c(C(=O)O)[nH]c1=O. The lowest BCUT2D eigenvalue weighted by Gasteiger charge is -2.04. The zero-order chi connectivity index (χ0) is 12.6. The van der Waals surface area contributed by atoms with Crippen molar-refractivity contribution in [2.45, 2.75) is 0 Å². The van der Waals surface area contributed by atoms with E-state index in [4.69, 9.17) is 16.7 Å². The summed E-state index contributed by atoms with van der Waals surface area (Å²) in [5.74, 6) is -1.18. The van der Waals surface area contributed by atoms with Crippen LogP contribution in [0.5, 0.6) is 0 Å². The molecular formula is C11H9ClN2O3. The highest BCUT2D eigenvalue weighted by atomic mass is 35.5. The molecule has 0 aliphatic heterocycles. The second kappa shape index (κ2) is 4.10. The molecule has 88 valence electrons. The molecule has 17 heavy (non-hydrogen) atoms. The van der Waals surface area contributed by atoms with Gasteiger partial charge in [0, 0.05) is 17.6 Å². The molecule has 5 nitrogen and oxygen atoms in total. The zero-order valence-corrected chi connectivity index (χ0v) is 9.65. The van der Waals surface area contributed by atoms with Crippen LogP contribution in [0.25, 0.3) is 11.3 Å². The van der Waals surface area contributed by atoms with Crippen molar-refractivity contribution in [3.05, 3.63) is 45.5 Å². The predicted molar refractivity (Wildman–Crippen MR) is 63.4 cm³/mol. The number of aromatic nitrogens is 2. The second-order valence-electron chi connectivity index (χ2n) is 3.53. The van der Waals surface area contributed by atoms with Crippen molar-refractivity contribution < 1.29 is 9.90 Å². The van der Waals surface area contributed by atoms with Gasteiger partial charge < -0.3 is 5.11 Å². The number of H-pyrrole nitrogens is 1. The Morgan fingerprint density at radius 3 is 2.76 bits per heavy atom. The van der Waals surface area contributed by atoms with Gasteiger partial charge in [-0.15, -0.1) is 0 Å². The number of carboxylic acids is 1. The van der Waals surface area contributed by atoms with Gasteiger partial charge in [0.05, 0.1) is 5.69 Å². The largest absolute Gasteiger partial charge is 0.477 e. The van der Waals surface area contributed by atoms with Gasteiger partial charge in [-0.3, -0.25) is 9.55 Å². The average molecular weight is 253 g/mol. The molecule has 1 aromatic heterocycles. The van der Waals surface area contributed by atoms with Crippen LogP contribution in [-0.4, -0.2) is 20.6 Å². The van der Waals surface area contributed by atoms with Gasteiger partial charge in [-0.1, -0.05) is 23.7 Å². The lowest BCUT2D eigenvalue weighted by molar-refractivity contribution is 0.0691. The first-order valence-corrected chi connectivity index (χ1v) is 5.16. The van der Waals surface area contributed by atoms with Gasteiger partial charge in [0.25, 0.3) is 0 Å². The quantitative estimate of drug-likeness (QED) is 0.855. The van der Waals surface area contributed by atoms with Crippen LogP contribution in [0.1, 0.15) is 10.5 Å². The molecule has 0 amide bonds. The van der Waals surface area contributed by atoms with Gasteiger partial charge in [-0.2, -0.15) is 0 Å². The summed E-state index contributed by atoms with van der Waals surface area (Å²) < 4.78 is 1.25. The second-order valence-corrected chi connectivity index (χ2v) is 3.96. The van der Waals surface area contributed by atoms with Crippen LogP contribution >= 0.6 is 11.6 Å². The van der Waals surface area contributed by atoms with Crippen molar-refractivity contribution in [3.8, 4) is 11.3 Å². The smallest absolute Gasteiger partial charge is 0.354 e. The fourth-order valence-corrected chi connectivity index (χ4v) is 1.84. The fourth-order valence-electron chi connectivity index (χ4n) is 1.65. The Balaban J connectivity index is 2.74. The topological polar surface area (TPSA) is 75.1 Å². The minimum atomic E-state index is -1.18. The predicted octanol–water partition coefficient (Wildman–Crippen LogP) is 1.73. The van der Waals surface area contributed by atoms with Crippen molar-refractivity contribution in [1.29, 1.82) is 0 Å². The maximum absolute atomic E-state index is 11.4. The third-order valence-electron chi connectivity index (χ3n) is 2.42. The van der Waals surface area contributed by atoms with Gasteiger partial charge in [-0.25, -0.2) is 9.59 Å². The summed E-state index contributed by atoms with van der Waals surface area (Å²) in [6, 6.07) is 6.68. The van der Waals surface area contributed by atoms with Crippen LogP contribution in [0.4, 0.5) is 0 Å². The van der Waals surface area contributed by atoms with Crippen LogP contribution in [-0.2, 0) is 7.05 Å². The molecule has 0 saturated heterocycles. The Kier molecular flexibility index (Phi) is 2.77. The number of benzene rings is 1. The summed E-state index contributed by atoms with van der Waals surface area (Å²) in [6.45, 7) is 0. The molecule has 0 bridgehead atoms. The molecule has 0 aliphatic carbocycles. The number of carboxylic acid groups (broad SMARTS) is 1. The minimum Gasteiger partial charge on any atom is -0.477 e. The van der Waals surface area contributed by atoms with E-state index in [1.807, 2.05) is 0 Å². The number of carbonyl (C=O) groups is 1. The van der Waals surface area contributed by atoms with Gasteiger partial charge >= 0.3 is 11.7 Å². The van der Waals surface area contributed by atoms with Gasteiger partial charge in [0.15, 0.2) is 5.69 Å². The van der Waals surface area contributed by atoms with Crippen LogP contribution in [0.3, 0.4) is 0 Å². The Bertz CT molecular complexity index is 642. The summed E-state index contributed by atoms with van der Waals surface area (Å²) >= 11 is 5.84. The number of hydrogen-bond donors (Lipinski definition) is 2. The Labute approximate surface area is 101 Å². The van der Waals surface area contributed by atoms with Gasteiger partial charge in [0.2, 0.25) is 0 Å². The van der Waals surface area contributed by atoms with Crippen LogP contribution < -0.4 is 5.69 Å². The normalized spacial score (nSPS) is 10.5. The summed E-state index contributed by atoms with van der Waals surface area (Å²) in [5, 5.41) is 9.50. The molecule has 0 aliphatic rings. The Morgan fingerprint density at radius 2 is 2.18 bits per heavy atom. The lowest BCUT2D eigenvalue weighted by atomic mass is 10.1. The molecule has 2 rings (SSSR count). The molecule has 0 radical (unpaired) electrons. The third-order valence-corrected chi connectivity index (χ3v) is 2.66. The van der Waals surface area contributed by atoms with Crippen molar-refractivity contribution in [2.24, 2.45) is 7.05 Å². The monoisotopic (exact) mass is 252 g/mol. The van der Waals surface area contributed by atoms with E-state index in [0.717, 1.165) is 0 Å². The molecular weight excluding hydrogens is 244 g/mol. The molecule has 0 atom stereocenters. The van der Waals surface area contributed by atoms with Crippen LogP contribution in [0.2, 0.25) is 5.02 Å². The number of rotatable bonds is 2. The van der Waals surface area contributed by atoms with Crippen molar-refractivity contribution in [2.75, 3.05) is 0 Å².